The van der Waals surface area contributed by atoms with Crippen molar-refractivity contribution in [3.63, 3.8) is 0 Å². The second kappa shape index (κ2) is 9.35. The highest BCUT2D eigenvalue weighted by Crippen LogP contribution is 2.32. The number of nitrogens with one attached hydrogen (secondary N) is 1. The number of aromatic nitrogens is 1. The lowest BCUT2D eigenvalue weighted by Gasteiger charge is -2.12. The molecule has 0 radical (unpaired) electrons. The summed E-state index contributed by atoms with van der Waals surface area (Å²) in [5.74, 6) is -2.12. The number of anilines is 1. The number of hydrogen-bond acceptors (Lipinski definition) is 5. The van der Waals surface area contributed by atoms with E-state index < -0.39 is 29.6 Å². The Labute approximate surface area is 197 Å². The fourth-order valence-electron chi connectivity index (χ4n) is 3.19. The van der Waals surface area contributed by atoms with Crippen molar-refractivity contribution in [3.8, 4) is 5.69 Å². The number of aromatic carboxylic acids is 1. The summed E-state index contributed by atoms with van der Waals surface area (Å²) in [6.07, 6.45) is 3.31. The van der Waals surface area contributed by atoms with Crippen LogP contribution in [0.2, 0.25) is 5.02 Å². The number of carbonyl (C=O) groups is 4. The minimum absolute atomic E-state index is 0.157. The molecule has 0 aliphatic carbocycles. The summed E-state index contributed by atoms with van der Waals surface area (Å²) in [6, 6.07) is 16.3. The Kier molecular flexibility index (Phi) is 6.34. The molecule has 0 unspecified atom stereocenters. The van der Waals surface area contributed by atoms with Gasteiger partial charge in [0, 0.05) is 28.3 Å². The van der Waals surface area contributed by atoms with E-state index in [-0.39, 0.29) is 10.5 Å². The van der Waals surface area contributed by atoms with Crippen molar-refractivity contribution >= 4 is 58.1 Å². The molecule has 1 aliphatic rings. The highest BCUT2D eigenvalue weighted by atomic mass is 35.5. The lowest BCUT2D eigenvalue weighted by atomic mass is 10.2. The molecule has 0 bridgehead atoms. The SMILES string of the molecule is O=C(CN1C(=O)S/C(=C\c2cccn2-c2ccc(C(=O)O)cc2)C1=O)Nc1cccc(Cl)c1. The molecule has 3 aromatic rings. The predicted octanol–water partition coefficient (Wildman–Crippen LogP) is 4.50. The third kappa shape index (κ3) is 5.00. The topological polar surface area (TPSA) is 109 Å². The van der Waals surface area contributed by atoms with E-state index in [0.29, 0.717) is 22.1 Å². The molecule has 3 amide bonds. The molecule has 33 heavy (non-hydrogen) atoms. The largest absolute Gasteiger partial charge is 0.478 e. The molecule has 166 valence electrons. The molecule has 0 saturated carbocycles. The van der Waals surface area contributed by atoms with Gasteiger partial charge in [-0.25, -0.2) is 4.79 Å². The lowest BCUT2D eigenvalue weighted by Crippen LogP contribution is -2.36. The first-order valence-corrected chi connectivity index (χ1v) is 10.8. The number of imide groups is 1. The molecule has 4 rings (SSSR count). The van der Waals surface area contributed by atoms with Crippen LogP contribution in [0.3, 0.4) is 0 Å². The van der Waals surface area contributed by atoms with Gasteiger partial charge in [-0.3, -0.25) is 19.3 Å². The third-order valence-corrected chi connectivity index (χ3v) is 5.88. The van der Waals surface area contributed by atoms with Gasteiger partial charge in [0.2, 0.25) is 5.91 Å². The number of nitrogens with zero attached hydrogens (tertiary/aromatic N) is 2. The first-order valence-electron chi connectivity index (χ1n) is 9.64. The summed E-state index contributed by atoms with van der Waals surface area (Å²) in [5, 5.41) is 11.6. The molecule has 1 fully saturated rings. The van der Waals surface area contributed by atoms with Crippen LogP contribution < -0.4 is 5.32 Å². The number of thioether (sulfide) groups is 1. The van der Waals surface area contributed by atoms with Crippen LogP contribution in [0.25, 0.3) is 11.8 Å². The van der Waals surface area contributed by atoms with Crippen LogP contribution >= 0.6 is 23.4 Å². The molecular formula is C23H16ClN3O5S. The molecule has 0 atom stereocenters. The van der Waals surface area contributed by atoms with Gasteiger partial charge in [0.25, 0.3) is 11.1 Å². The van der Waals surface area contributed by atoms with E-state index in [1.807, 2.05) is 0 Å². The Morgan fingerprint density at radius 2 is 1.82 bits per heavy atom. The van der Waals surface area contributed by atoms with Crippen LogP contribution in [-0.2, 0) is 9.59 Å². The van der Waals surface area contributed by atoms with E-state index in [0.717, 1.165) is 16.7 Å². The number of carboxylic acids is 1. The summed E-state index contributed by atoms with van der Waals surface area (Å²) in [7, 11) is 0. The second-order valence-corrected chi connectivity index (χ2v) is 8.41. The Morgan fingerprint density at radius 1 is 1.06 bits per heavy atom. The van der Waals surface area contributed by atoms with Crippen molar-refractivity contribution in [3.05, 3.63) is 88.0 Å². The molecule has 2 aromatic carbocycles. The van der Waals surface area contributed by atoms with Gasteiger partial charge in [-0.1, -0.05) is 17.7 Å². The van der Waals surface area contributed by atoms with Gasteiger partial charge in [0.05, 0.1) is 10.5 Å². The highest BCUT2D eigenvalue weighted by Gasteiger charge is 2.36. The van der Waals surface area contributed by atoms with Crippen LogP contribution in [0.15, 0.2) is 71.8 Å². The molecule has 2 N–H and O–H groups in total. The zero-order valence-electron chi connectivity index (χ0n) is 16.9. The van der Waals surface area contributed by atoms with Gasteiger partial charge in [0.15, 0.2) is 0 Å². The number of halogens is 1. The second-order valence-electron chi connectivity index (χ2n) is 6.98. The van der Waals surface area contributed by atoms with Crippen LogP contribution in [-0.4, -0.2) is 44.1 Å². The van der Waals surface area contributed by atoms with E-state index in [1.165, 1.54) is 12.1 Å². The number of carboxylic acid groups (broad SMARTS) is 1. The van der Waals surface area contributed by atoms with Crippen molar-refractivity contribution in [2.24, 2.45) is 0 Å². The molecule has 0 spiro atoms. The number of carbonyl (C=O) groups excluding carboxylic acids is 3. The summed E-state index contributed by atoms with van der Waals surface area (Å²) in [5.41, 5.74) is 1.93. The normalized spacial score (nSPS) is 14.7. The van der Waals surface area contributed by atoms with Crippen LogP contribution in [0.1, 0.15) is 16.1 Å². The number of rotatable bonds is 6. The first-order chi connectivity index (χ1) is 15.8. The molecule has 10 heteroatoms. The minimum atomic E-state index is -1.03. The number of amides is 3. The quantitative estimate of drug-likeness (QED) is 0.502. The molecule has 8 nitrogen and oxygen atoms in total. The van der Waals surface area contributed by atoms with E-state index >= 15 is 0 Å². The zero-order chi connectivity index (χ0) is 23.5. The maximum atomic E-state index is 12.8. The molecule has 1 saturated heterocycles. The Hall–Kier alpha value is -3.82. The van der Waals surface area contributed by atoms with E-state index in [1.54, 1.807) is 65.4 Å². The summed E-state index contributed by atoms with van der Waals surface area (Å²) < 4.78 is 1.76. The summed E-state index contributed by atoms with van der Waals surface area (Å²) in [4.78, 5) is 49.6. The van der Waals surface area contributed by atoms with Crippen molar-refractivity contribution in [2.45, 2.75) is 0 Å². The van der Waals surface area contributed by atoms with Crippen LogP contribution in [0.5, 0.6) is 0 Å². The van der Waals surface area contributed by atoms with Gasteiger partial charge in [-0.15, -0.1) is 0 Å². The number of benzene rings is 2. The smallest absolute Gasteiger partial charge is 0.335 e. The van der Waals surface area contributed by atoms with Crippen molar-refractivity contribution in [1.82, 2.24) is 9.47 Å². The average molecular weight is 482 g/mol. The van der Waals surface area contributed by atoms with Gasteiger partial charge >= 0.3 is 5.97 Å². The minimum Gasteiger partial charge on any atom is -0.478 e. The van der Waals surface area contributed by atoms with Gasteiger partial charge in [-0.2, -0.15) is 0 Å². The molecular weight excluding hydrogens is 466 g/mol. The highest BCUT2D eigenvalue weighted by molar-refractivity contribution is 8.18. The average Bonchev–Trinajstić information content (AvgIpc) is 3.34. The monoisotopic (exact) mass is 481 g/mol. The van der Waals surface area contributed by atoms with Crippen molar-refractivity contribution in [1.29, 1.82) is 0 Å². The van der Waals surface area contributed by atoms with Crippen LogP contribution in [0.4, 0.5) is 10.5 Å². The van der Waals surface area contributed by atoms with E-state index in [2.05, 4.69) is 5.32 Å². The molecule has 1 aliphatic heterocycles. The Morgan fingerprint density at radius 3 is 2.52 bits per heavy atom. The van der Waals surface area contributed by atoms with Crippen molar-refractivity contribution in [2.75, 3.05) is 11.9 Å². The fourth-order valence-corrected chi connectivity index (χ4v) is 4.21. The van der Waals surface area contributed by atoms with Crippen LogP contribution in [0, 0.1) is 0 Å². The van der Waals surface area contributed by atoms with Gasteiger partial charge < -0.3 is 15.0 Å². The summed E-state index contributed by atoms with van der Waals surface area (Å²) in [6.45, 7) is -0.424. The molecule has 1 aromatic heterocycles. The maximum absolute atomic E-state index is 12.8. The fraction of sp³-hybridized carbons (Fsp3) is 0.0435. The molecule has 2 heterocycles. The Balaban J connectivity index is 1.50. The standard InChI is InChI=1S/C23H16ClN3O5S/c24-15-3-1-4-16(11-15)25-20(28)13-27-21(29)19(33-23(27)32)12-18-5-2-10-26(18)17-8-6-14(7-9-17)22(30)31/h1-12H,13H2,(H,25,28)(H,30,31)/b19-12-. The predicted molar refractivity (Wildman–Crippen MR) is 125 cm³/mol. The maximum Gasteiger partial charge on any atom is 0.335 e. The van der Waals surface area contributed by atoms with Crippen molar-refractivity contribution < 1.29 is 24.3 Å². The number of hydrogen-bond donors (Lipinski definition) is 2. The lowest BCUT2D eigenvalue weighted by molar-refractivity contribution is -0.127. The zero-order valence-corrected chi connectivity index (χ0v) is 18.5. The van der Waals surface area contributed by atoms with Gasteiger partial charge in [0.1, 0.15) is 6.54 Å². The van der Waals surface area contributed by atoms with E-state index in [9.17, 15) is 19.2 Å². The third-order valence-electron chi connectivity index (χ3n) is 4.74. The van der Waals surface area contributed by atoms with E-state index in [4.69, 9.17) is 16.7 Å². The first kappa shape index (κ1) is 22.4. The summed E-state index contributed by atoms with van der Waals surface area (Å²) >= 11 is 6.65. The van der Waals surface area contributed by atoms with Gasteiger partial charge in [-0.05, 0) is 72.4 Å². The Bertz CT molecular complexity index is 1300.